The van der Waals surface area contributed by atoms with Crippen molar-refractivity contribution in [3.63, 3.8) is 0 Å². The molecule has 0 spiro atoms. The van der Waals surface area contributed by atoms with Gasteiger partial charge in [-0.15, -0.1) is 11.3 Å². The van der Waals surface area contributed by atoms with Gasteiger partial charge in [0.25, 0.3) is 0 Å². The predicted octanol–water partition coefficient (Wildman–Crippen LogP) is 6.12. The van der Waals surface area contributed by atoms with Gasteiger partial charge in [0.2, 0.25) is 0 Å². The number of nitrogens with two attached hydrogens (primary N) is 1. The van der Waals surface area contributed by atoms with Gasteiger partial charge >= 0.3 is 6.18 Å². The third-order valence-corrected chi connectivity index (χ3v) is 5.95. The number of thiophene rings is 1. The number of aldehydes is 1. The van der Waals surface area contributed by atoms with Gasteiger partial charge < -0.3 is 20.5 Å². The van der Waals surface area contributed by atoms with Crippen LogP contribution in [0.25, 0.3) is 21.5 Å². The summed E-state index contributed by atoms with van der Waals surface area (Å²) in [4.78, 5) is 16.8. The Kier molecular flexibility index (Phi) is 7.62. The zero-order chi connectivity index (χ0) is 24.9. The fraction of sp³-hybridized carbons (Fsp3) is 0.167. The molecule has 0 aliphatic heterocycles. The molecule has 0 amide bonds. The van der Waals surface area contributed by atoms with E-state index in [0.717, 1.165) is 39.9 Å². The average Bonchev–Trinajstić information content (AvgIpc) is 3.18. The van der Waals surface area contributed by atoms with Crippen molar-refractivity contribution >= 4 is 39.2 Å². The molecule has 0 aliphatic carbocycles. The van der Waals surface area contributed by atoms with Crippen molar-refractivity contribution in [3.05, 3.63) is 65.0 Å². The molecule has 2 aromatic heterocycles. The Bertz CT molecular complexity index is 1290. The molecule has 34 heavy (non-hydrogen) atoms. The first-order valence-corrected chi connectivity index (χ1v) is 10.7. The molecule has 0 saturated heterocycles. The maximum atomic E-state index is 12.0. The molecule has 10 heteroatoms. The van der Waals surface area contributed by atoms with Crippen LogP contribution >= 0.6 is 11.3 Å². The summed E-state index contributed by atoms with van der Waals surface area (Å²) in [7, 11) is 4.84. The van der Waals surface area contributed by atoms with Crippen LogP contribution in [0.3, 0.4) is 0 Å². The Morgan fingerprint density at radius 1 is 1.00 bits per heavy atom. The van der Waals surface area contributed by atoms with E-state index < -0.39 is 11.7 Å². The minimum Gasteiger partial charge on any atom is -0.493 e. The number of fused-ring (bicyclic) bond motifs is 1. The van der Waals surface area contributed by atoms with Crippen LogP contribution < -0.4 is 20.5 Å². The predicted molar refractivity (Wildman–Crippen MR) is 129 cm³/mol. The monoisotopic (exact) mass is 489 g/mol. The molecule has 0 saturated carbocycles. The van der Waals surface area contributed by atoms with Crippen LogP contribution in [0.2, 0.25) is 0 Å². The summed E-state index contributed by atoms with van der Waals surface area (Å²) in [6, 6.07) is 14.2. The van der Waals surface area contributed by atoms with Crippen LogP contribution in [-0.4, -0.2) is 32.5 Å². The van der Waals surface area contributed by atoms with Crippen molar-refractivity contribution in [1.29, 1.82) is 0 Å². The number of rotatable bonds is 5. The van der Waals surface area contributed by atoms with Crippen molar-refractivity contribution in [2.45, 2.75) is 6.18 Å². The van der Waals surface area contributed by atoms with E-state index in [-0.39, 0.29) is 0 Å². The normalized spacial score (nSPS) is 10.9. The number of hydrogen-bond donors (Lipinski definition) is 2. The van der Waals surface area contributed by atoms with E-state index in [1.54, 1.807) is 21.3 Å². The number of aromatic nitrogens is 1. The third kappa shape index (κ3) is 5.40. The molecule has 4 rings (SSSR count). The second-order valence-electron chi connectivity index (χ2n) is 6.94. The van der Waals surface area contributed by atoms with Gasteiger partial charge in [0.05, 0.1) is 36.0 Å². The lowest BCUT2D eigenvalue weighted by molar-refractivity contribution is -0.137. The van der Waals surface area contributed by atoms with Crippen molar-refractivity contribution in [3.8, 4) is 22.8 Å². The summed E-state index contributed by atoms with van der Waals surface area (Å²) in [5.74, 6) is 1.30. The molecular formula is C24H22F3N3O3S. The van der Waals surface area contributed by atoms with Crippen LogP contribution in [0.15, 0.2) is 54.6 Å². The number of ether oxygens (including phenoxy) is 2. The number of carbonyl (C=O) groups is 1. The lowest BCUT2D eigenvalue weighted by Gasteiger charge is -2.09. The molecule has 4 aromatic rings. The topological polar surface area (TPSA) is 86.5 Å². The molecule has 0 unspecified atom stereocenters. The van der Waals surface area contributed by atoms with Crippen molar-refractivity contribution in [1.82, 2.24) is 4.98 Å². The molecular weight excluding hydrogens is 467 g/mol. The van der Waals surface area contributed by atoms with Crippen LogP contribution in [-0.2, 0) is 6.18 Å². The van der Waals surface area contributed by atoms with E-state index in [1.165, 1.54) is 23.5 Å². The fourth-order valence-electron chi connectivity index (χ4n) is 3.08. The molecule has 178 valence electrons. The molecule has 3 N–H and O–H groups in total. The van der Waals surface area contributed by atoms with Crippen LogP contribution in [0.5, 0.6) is 11.5 Å². The zero-order valence-electron chi connectivity index (χ0n) is 18.6. The number of pyridine rings is 1. The average molecular weight is 490 g/mol. The summed E-state index contributed by atoms with van der Waals surface area (Å²) in [6.45, 7) is 0. The Hall–Kier alpha value is -3.79. The van der Waals surface area contributed by atoms with Gasteiger partial charge in [0, 0.05) is 23.7 Å². The molecule has 0 radical (unpaired) electrons. The highest BCUT2D eigenvalue weighted by Gasteiger charge is 2.29. The molecule has 2 heterocycles. The Morgan fingerprint density at radius 3 is 2.24 bits per heavy atom. The molecule has 2 aromatic carbocycles. The number of nitrogens with one attached hydrogen (secondary N) is 1. The highest BCUT2D eigenvalue weighted by atomic mass is 32.1. The quantitative estimate of drug-likeness (QED) is 0.329. The van der Waals surface area contributed by atoms with E-state index in [1.807, 2.05) is 30.3 Å². The Labute approximate surface area is 198 Å². The highest BCUT2D eigenvalue weighted by Crippen LogP contribution is 2.35. The van der Waals surface area contributed by atoms with Crippen molar-refractivity contribution < 1.29 is 27.4 Å². The Balaban J connectivity index is 0.000000229. The lowest BCUT2D eigenvalue weighted by Crippen LogP contribution is -2.04. The largest absolute Gasteiger partial charge is 0.493 e. The molecule has 0 atom stereocenters. The van der Waals surface area contributed by atoms with Gasteiger partial charge in [-0.3, -0.25) is 4.79 Å². The smallest absolute Gasteiger partial charge is 0.416 e. The molecule has 0 aliphatic rings. The second-order valence-corrected chi connectivity index (χ2v) is 7.97. The first-order chi connectivity index (χ1) is 16.2. The summed E-state index contributed by atoms with van der Waals surface area (Å²) in [6.07, 6.45) is -3.48. The minimum atomic E-state index is -4.24. The molecule has 6 nitrogen and oxygen atoms in total. The van der Waals surface area contributed by atoms with E-state index in [4.69, 9.17) is 15.2 Å². The Morgan fingerprint density at radius 2 is 1.68 bits per heavy atom. The summed E-state index contributed by atoms with van der Waals surface area (Å²) in [5.41, 5.74) is 8.14. The standard InChI is InChI=1S/C16H14N2O3S.C8H8F3N/c1-20-12-6-3-9(7-13(12)21-2)11-5-4-10-15(17)14(8-19)22-16(10)18-11;1-12-7-4-2-6(3-5-7)8(9,10)11/h3-8H,17H2,1-2H3;2-5,12H,1H3. The number of methoxy groups -OCH3 is 2. The first kappa shape index (κ1) is 24.8. The van der Waals surface area contributed by atoms with Gasteiger partial charge in [0.1, 0.15) is 4.83 Å². The number of hydrogen-bond acceptors (Lipinski definition) is 7. The highest BCUT2D eigenvalue weighted by molar-refractivity contribution is 7.20. The lowest BCUT2D eigenvalue weighted by atomic mass is 10.1. The second kappa shape index (κ2) is 10.4. The molecule has 0 bridgehead atoms. The molecule has 0 fully saturated rings. The van der Waals surface area contributed by atoms with Gasteiger partial charge in [0.15, 0.2) is 17.8 Å². The SMILES string of the molecule is CNc1ccc(C(F)(F)F)cc1.COc1ccc(-c2ccc3c(N)c(C=O)sc3n2)cc1OC. The van der Waals surface area contributed by atoms with E-state index in [2.05, 4.69) is 10.3 Å². The number of nitrogen functional groups attached to an aromatic ring is 1. The third-order valence-electron chi connectivity index (χ3n) is 4.91. The van der Waals surface area contributed by atoms with Gasteiger partial charge in [-0.25, -0.2) is 4.98 Å². The number of alkyl halides is 3. The van der Waals surface area contributed by atoms with Crippen LogP contribution in [0, 0.1) is 0 Å². The fourth-order valence-corrected chi connectivity index (χ4v) is 3.99. The number of halogens is 3. The van der Waals surface area contributed by atoms with Crippen molar-refractivity contribution in [2.24, 2.45) is 0 Å². The van der Waals surface area contributed by atoms with Gasteiger partial charge in [-0.05, 0) is 54.6 Å². The van der Waals surface area contributed by atoms with E-state index in [9.17, 15) is 18.0 Å². The summed E-state index contributed by atoms with van der Waals surface area (Å²) < 4.78 is 46.6. The van der Waals surface area contributed by atoms with Crippen LogP contribution in [0.1, 0.15) is 15.2 Å². The number of benzene rings is 2. The van der Waals surface area contributed by atoms with Gasteiger partial charge in [-0.1, -0.05) is 0 Å². The number of nitrogens with zero attached hydrogens (tertiary/aromatic N) is 1. The summed E-state index contributed by atoms with van der Waals surface area (Å²) >= 11 is 1.29. The zero-order valence-corrected chi connectivity index (χ0v) is 19.4. The maximum absolute atomic E-state index is 12.0. The number of carbonyl (C=O) groups excluding carboxylic acids is 1. The summed E-state index contributed by atoms with van der Waals surface area (Å²) in [5, 5.41) is 3.54. The van der Waals surface area contributed by atoms with Crippen molar-refractivity contribution in [2.75, 3.05) is 32.3 Å². The van der Waals surface area contributed by atoms with Crippen LogP contribution in [0.4, 0.5) is 24.5 Å². The van der Waals surface area contributed by atoms with E-state index >= 15 is 0 Å². The maximum Gasteiger partial charge on any atom is 0.416 e. The minimum absolute atomic E-state index is 0.487. The van der Waals surface area contributed by atoms with Gasteiger partial charge in [-0.2, -0.15) is 13.2 Å². The number of anilines is 2. The first-order valence-electron chi connectivity index (χ1n) is 9.93. The van der Waals surface area contributed by atoms with E-state index in [0.29, 0.717) is 27.8 Å².